The lowest BCUT2D eigenvalue weighted by Crippen LogP contribution is -2.05. The first-order valence-electron chi connectivity index (χ1n) is 5.03. The van der Waals surface area contributed by atoms with Crippen LogP contribution in [0.4, 0.5) is 0 Å². The van der Waals surface area contributed by atoms with E-state index in [9.17, 15) is 0 Å². The number of hydrogen-bond acceptors (Lipinski definition) is 4. The van der Waals surface area contributed by atoms with Crippen molar-refractivity contribution in [1.82, 2.24) is 4.98 Å². The molecule has 0 aromatic carbocycles. The Labute approximate surface area is 99.0 Å². The van der Waals surface area contributed by atoms with Gasteiger partial charge in [-0.05, 0) is 26.0 Å². The summed E-state index contributed by atoms with van der Waals surface area (Å²) >= 11 is 3.78. The minimum absolute atomic E-state index is 0.393. The summed E-state index contributed by atoms with van der Waals surface area (Å²) in [5, 5.41) is 1.08. The van der Waals surface area contributed by atoms with Gasteiger partial charge in [0.2, 0.25) is 0 Å². The van der Waals surface area contributed by atoms with Crippen molar-refractivity contribution >= 4 is 28.6 Å². The second-order valence-electron chi connectivity index (χ2n) is 3.52. The molecule has 4 heteroatoms. The van der Waals surface area contributed by atoms with Gasteiger partial charge in [0.25, 0.3) is 0 Å². The Hall–Kier alpha value is -0.480. The van der Waals surface area contributed by atoms with E-state index in [-0.39, 0.29) is 0 Å². The topological polar surface area (TPSA) is 25.2 Å². The molecule has 0 aliphatic carbocycles. The molecule has 1 aliphatic rings. The Kier molecular flexibility index (Phi) is 3.70. The molecule has 15 heavy (non-hydrogen) atoms. The summed E-state index contributed by atoms with van der Waals surface area (Å²) in [7, 11) is 0. The maximum absolute atomic E-state index is 4.69. The average Bonchev–Trinajstić information content (AvgIpc) is 2.42. The van der Waals surface area contributed by atoms with Crippen molar-refractivity contribution in [3.8, 4) is 0 Å². The van der Waals surface area contributed by atoms with Crippen LogP contribution in [0.25, 0.3) is 0 Å². The standard InChI is InChI=1S/C11H14N2S2/c1-8-7-14-9(2)15-11(13-8)10-5-3-4-6-12-10/h3-6,8-9H,7H2,1-2H3. The highest BCUT2D eigenvalue weighted by Gasteiger charge is 2.17. The minimum atomic E-state index is 0.393. The van der Waals surface area contributed by atoms with Crippen LogP contribution >= 0.6 is 23.5 Å². The number of hydrogen-bond donors (Lipinski definition) is 0. The van der Waals surface area contributed by atoms with Crippen LogP contribution in [0.1, 0.15) is 19.5 Å². The second-order valence-corrected chi connectivity index (χ2v) is 6.52. The molecule has 2 unspecified atom stereocenters. The van der Waals surface area contributed by atoms with Crippen molar-refractivity contribution in [1.29, 1.82) is 0 Å². The van der Waals surface area contributed by atoms with Gasteiger partial charge in [0.15, 0.2) is 0 Å². The van der Waals surface area contributed by atoms with Crippen molar-refractivity contribution in [2.45, 2.75) is 24.5 Å². The number of pyridine rings is 1. The van der Waals surface area contributed by atoms with E-state index in [0.717, 1.165) is 16.5 Å². The highest BCUT2D eigenvalue weighted by Crippen LogP contribution is 2.31. The average molecular weight is 238 g/mol. The summed E-state index contributed by atoms with van der Waals surface area (Å²) in [4.78, 5) is 9.04. The first kappa shape index (κ1) is 11.0. The summed E-state index contributed by atoms with van der Waals surface area (Å²) in [6, 6.07) is 6.37. The van der Waals surface area contributed by atoms with Gasteiger partial charge in [-0.2, -0.15) is 0 Å². The molecule has 0 saturated heterocycles. The molecule has 2 heterocycles. The van der Waals surface area contributed by atoms with Gasteiger partial charge in [0.1, 0.15) is 5.04 Å². The normalized spacial score (nSPS) is 26.9. The van der Waals surface area contributed by atoms with Gasteiger partial charge in [0.05, 0.1) is 16.3 Å². The Balaban J connectivity index is 2.26. The molecule has 80 valence electrons. The lowest BCUT2D eigenvalue weighted by molar-refractivity contribution is 0.853. The van der Waals surface area contributed by atoms with Crippen LogP contribution in [0, 0.1) is 0 Å². The Morgan fingerprint density at radius 3 is 2.93 bits per heavy atom. The summed E-state index contributed by atoms with van der Waals surface area (Å²) in [5.74, 6) is 1.10. The molecule has 0 saturated carbocycles. The summed E-state index contributed by atoms with van der Waals surface area (Å²) in [5.41, 5.74) is 1.00. The van der Waals surface area contributed by atoms with Gasteiger partial charge in [-0.1, -0.05) is 17.8 Å². The number of rotatable bonds is 1. The highest BCUT2D eigenvalue weighted by atomic mass is 32.2. The van der Waals surface area contributed by atoms with Crippen LogP contribution < -0.4 is 0 Å². The number of thioether (sulfide) groups is 2. The molecule has 0 bridgehead atoms. The number of aliphatic imine (C=N–C) groups is 1. The van der Waals surface area contributed by atoms with Crippen molar-refractivity contribution in [2.75, 3.05) is 5.75 Å². The first-order valence-corrected chi connectivity index (χ1v) is 6.96. The molecule has 0 radical (unpaired) electrons. The lowest BCUT2D eigenvalue weighted by atomic mass is 10.3. The van der Waals surface area contributed by atoms with E-state index in [4.69, 9.17) is 4.99 Å². The van der Waals surface area contributed by atoms with E-state index in [2.05, 4.69) is 18.8 Å². The summed E-state index contributed by atoms with van der Waals surface area (Å²) < 4.78 is 0.565. The van der Waals surface area contributed by atoms with Gasteiger partial charge < -0.3 is 0 Å². The van der Waals surface area contributed by atoms with E-state index in [1.165, 1.54) is 0 Å². The smallest absolute Gasteiger partial charge is 0.118 e. The van der Waals surface area contributed by atoms with Gasteiger partial charge in [-0.25, -0.2) is 0 Å². The molecule has 0 N–H and O–H groups in total. The first-order chi connectivity index (χ1) is 7.25. The quantitative estimate of drug-likeness (QED) is 0.752. The lowest BCUT2D eigenvalue weighted by Gasteiger charge is -2.07. The molecule has 0 spiro atoms. The Morgan fingerprint density at radius 1 is 1.33 bits per heavy atom. The predicted octanol–water partition coefficient (Wildman–Crippen LogP) is 3.04. The summed E-state index contributed by atoms with van der Waals surface area (Å²) in [6.07, 6.45) is 1.83. The minimum Gasteiger partial charge on any atom is -0.272 e. The third-order valence-electron chi connectivity index (χ3n) is 2.07. The van der Waals surface area contributed by atoms with Gasteiger partial charge >= 0.3 is 0 Å². The third-order valence-corrected chi connectivity index (χ3v) is 4.78. The van der Waals surface area contributed by atoms with Gasteiger partial charge in [-0.3, -0.25) is 9.98 Å². The Morgan fingerprint density at radius 2 is 2.20 bits per heavy atom. The molecule has 1 aromatic heterocycles. The zero-order chi connectivity index (χ0) is 10.7. The molecular formula is C11H14N2S2. The maximum atomic E-state index is 4.69. The van der Waals surface area contributed by atoms with Crippen molar-refractivity contribution < 1.29 is 0 Å². The van der Waals surface area contributed by atoms with Gasteiger partial charge in [-0.15, -0.1) is 11.8 Å². The monoisotopic (exact) mass is 238 g/mol. The largest absolute Gasteiger partial charge is 0.272 e. The molecule has 1 aromatic rings. The fourth-order valence-electron chi connectivity index (χ4n) is 1.35. The van der Waals surface area contributed by atoms with Crippen LogP contribution in [0.15, 0.2) is 29.4 Å². The van der Waals surface area contributed by atoms with Crippen LogP contribution in [0.5, 0.6) is 0 Å². The maximum Gasteiger partial charge on any atom is 0.118 e. The Bertz CT molecular complexity index is 351. The molecule has 2 rings (SSSR count). The van der Waals surface area contributed by atoms with E-state index in [1.54, 1.807) is 0 Å². The fourth-order valence-corrected chi connectivity index (χ4v) is 3.55. The van der Waals surface area contributed by atoms with Crippen LogP contribution in [-0.4, -0.2) is 26.4 Å². The van der Waals surface area contributed by atoms with Crippen LogP contribution in [0.3, 0.4) is 0 Å². The van der Waals surface area contributed by atoms with Gasteiger partial charge in [0, 0.05) is 11.9 Å². The molecule has 1 aliphatic heterocycles. The highest BCUT2D eigenvalue weighted by molar-refractivity contribution is 8.25. The van der Waals surface area contributed by atoms with Crippen molar-refractivity contribution in [2.24, 2.45) is 4.99 Å². The second kappa shape index (κ2) is 5.03. The summed E-state index contributed by atoms with van der Waals surface area (Å²) in [6.45, 7) is 4.39. The third kappa shape index (κ3) is 2.98. The number of nitrogens with zero attached hydrogens (tertiary/aromatic N) is 2. The van der Waals surface area contributed by atoms with E-state index >= 15 is 0 Å². The molecule has 2 atom stereocenters. The van der Waals surface area contributed by atoms with E-state index in [0.29, 0.717) is 10.6 Å². The van der Waals surface area contributed by atoms with Crippen LogP contribution in [0.2, 0.25) is 0 Å². The molecule has 0 fully saturated rings. The SMILES string of the molecule is CC1CSC(C)SC(c2ccccn2)=N1. The van der Waals surface area contributed by atoms with Crippen molar-refractivity contribution in [3.05, 3.63) is 30.1 Å². The zero-order valence-corrected chi connectivity index (χ0v) is 10.5. The molecule has 2 nitrogen and oxygen atoms in total. The zero-order valence-electron chi connectivity index (χ0n) is 8.88. The van der Waals surface area contributed by atoms with Crippen LogP contribution in [-0.2, 0) is 0 Å². The molecule has 0 amide bonds. The van der Waals surface area contributed by atoms with Crippen molar-refractivity contribution in [3.63, 3.8) is 0 Å². The number of aromatic nitrogens is 1. The predicted molar refractivity (Wildman–Crippen MR) is 69.7 cm³/mol. The van der Waals surface area contributed by atoms with E-state index in [1.807, 2.05) is 47.9 Å². The van der Waals surface area contributed by atoms with E-state index < -0.39 is 0 Å². The fraction of sp³-hybridized carbons (Fsp3) is 0.455. The molecular weight excluding hydrogens is 224 g/mol.